The predicted molar refractivity (Wildman–Crippen MR) is 61.9 cm³/mol. The minimum atomic E-state index is 0.526. The molecule has 0 amide bonds. The van der Waals surface area contributed by atoms with Gasteiger partial charge in [-0.1, -0.05) is 17.7 Å². The van der Waals surface area contributed by atoms with Crippen LogP contribution in [-0.2, 0) is 13.1 Å². The lowest BCUT2D eigenvalue weighted by molar-refractivity contribution is 0.681. The number of pyridine rings is 1. The normalized spacial score (nSPS) is 10.5. The van der Waals surface area contributed by atoms with Crippen LogP contribution in [0.1, 0.15) is 11.3 Å². The number of nitrogens with zero attached hydrogens (tertiary/aromatic N) is 2. The molecule has 2 heterocycles. The van der Waals surface area contributed by atoms with E-state index in [4.69, 9.17) is 11.6 Å². The molecule has 0 atom stereocenters. The zero-order valence-corrected chi connectivity index (χ0v) is 9.55. The van der Waals surface area contributed by atoms with Gasteiger partial charge in [-0.25, -0.2) is 9.97 Å². The Labute approximate surface area is 97.2 Å². The van der Waals surface area contributed by atoms with Gasteiger partial charge in [0, 0.05) is 24.7 Å². The van der Waals surface area contributed by atoms with E-state index in [2.05, 4.69) is 15.3 Å². The van der Waals surface area contributed by atoms with Crippen LogP contribution < -0.4 is 5.32 Å². The molecule has 0 bridgehead atoms. The predicted octanol–water partition coefficient (Wildman–Crippen LogP) is 2.48. The van der Waals surface area contributed by atoms with E-state index in [0.717, 1.165) is 24.3 Å². The SMILES string of the molecule is Clc1ccc(CNCc2cscn2)cn1. The van der Waals surface area contributed by atoms with Gasteiger partial charge in [0.15, 0.2) is 0 Å². The van der Waals surface area contributed by atoms with Crippen molar-refractivity contribution in [3.05, 3.63) is 45.6 Å². The Bertz CT molecular complexity index is 399. The van der Waals surface area contributed by atoms with Gasteiger partial charge in [-0.15, -0.1) is 11.3 Å². The molecule has 2 rings (SSSR count). The Morgan fingerprint density at radius 2 is 2.20 bits per heavy atom. The standard InChI is InChI=1S/C10H10ClN3S/c11-10-2-1-8(4-13-10)3-12-5-9-6-15-7-14-9/h1-2,4,6-7,12H,3,5H2. The van der Waals surface area contributed by atoms with Crippen molar-refractivity contribution in [3.63, 3.8) is 0 Å². The Kier molecular flexibility index (Phi) is 3.66. The maximum absolute atomic E-state index is 5.69. The van der Waals surface area contributed by atoms with Crippen molar-refractivity contribution in [2.45, 2.75) is 13.1 Å². The number of hydrogen-bond acceptors (Lipinski definition) is 4. The molecule has 0 radical (unpaired) electrons. The van der Waals surface area contributed by atoms with Crippen LogP contribution in [-0.4, -0.2) is 9.97 Å². The largest absolute Gasteiger partial charge is 0.307 e. The lowest BCUT2D eigenvalue weighted by Gasteiger charge is -2.02. The quantitative estimate of drug-likeness (QED) is 0.833. The van der Waals surface area contributed by atoms with E-state index in [-0.39, 0.29) is 0 Å². The number of halogens is 1. The molecule has 0 saturated carbocycles. The van der Waals surface area contributed by atoms with E-state index in [1.165, 1.54) is 0 Å². The second-order valence-corrected chi connectivity index (χ2v) is 4.18. The number of aromatic nitrogens is 2. The van der Waals surface area contributed by atoms with Crippen LogP contribution in [0, 0.1) is 0 Å². The summed E-state index contributed by atoms with van der Waals surface area (Å²) in [6.07, 6.45) is 1.77. The van der Waals surface area contributed by atoms with Crippen LogP contribution in [0.4, 0.5) is 0 Å². The van der Waals surface area contributed by atoms with Crippen molar-refractivity contribution >= 4 is 22.9 Å². The highest BCUT2D eigenvalue weighted by atomic mass is 35.5. The van der Waals surface area contributed by atoms with Crippen LogP contribution in [0.15, 0.2) is 29.2 Å². The molecule has 15 heavy (non-hydrogen) atoms. The van der Waals surface area contributed by atoms with E-state index in [1.54, 1.807) is 23.6 Å². The van der Waals surface area contributed by atoms with Gasteiger partial charge < -0.3 is 5.32 Å². The van der Waals surface area contributed by atoms with Crippen molar-refractivity contribution in [3.8, 4) is 0 Å². The summed E-state index contributed by atoms with van der Waals surface area (Å²) in [4.78, 5) is 8.19. The third kappa shape index (κ3) is 3.27. The maximum Gasteiger partial charge on any atom is 0.129 e. The number of hydrogen-bond donors (Lipinski definition) is 1. The summed E-state index contributed by atoms with van der Waals surface area (Å²) < 4.78 is 0. The fourth-order valence-electron chi connectivity index (χ4n) is 1.17. The van der Waals surface area contributed by atoms with Gasteiger partial charge in [0.05, 0.1) is 11.2 Å². The highest BCUT2D eigenvalue weighted by Gasteiger charge is 1.96. The molecule has 0 saturated heterocycles. The zero-order chi connectivity index (χ0) is 10.5. The summed E-state index contributed by atoms with van der Waals surface area (Å²) in [6, 6.07) is 3.75. The summed E-state index contributed by atoms with van der Waals surface area (Å²) in [6.45, 7) is 1.56. The van der Waals surface area contributed by atoms with Crippen LogP contribution >= 0.6 is 22.9 Å². The molecule has 0 fully saturated rings. The average Bonchev–Trinajstić information content (AvgIpc) is 2.74. The molecular formula is C10H10ClN3S. The molecule has 0 aromatic carbocycles. The number of thiazole rings is 1. The summed E-state index contributed by atoms with van der Waals surface area (Å²) in [5.41, 5.74) is 4.03. The zero-order valence-electron chi connectivity index (χ0n) is 7.98. The lowest BCUT2D eigenvalue weighted by Crippen LogP contribution is -2.12. The van der Waals surface area contributed by atoms with E-state index in [9.17, 15) is 0 Å². The van der Waals surface area contributed by atoms with Crippen molar-refractivity contribution in [2.75, 3.05) is 0 Å². The number of rotatable bonds is 4. The van der Waals surface area contributed by atoms with Gasteiger partial charge in [-0.2, -0.15) is 0 Å². The minimum absolute atomic E-state index is 0.526. The third-order valence-electron chi connectivity index (χ3n) is 1.91. The first-order valence-electron chi connectivity index (χ1n) is 4.53. The van der Waals surface area contributed by atoms with Crippen LogP contribution in [0.25, 0.3) is 0 Å². The van der Waals surface area contributed by atoms with Crippen molar-refractivity contribution in [2.24, 2.45) is 0 Å². The topological polar surface area (TPSA) is 37.8 Å². The van der Waals surface area contributed by atoms with Crippen LogP contribution in [0.2, 0.25) is 5.15 Å². The van der Waals surface area contributed by atoms with E-state index in [0.29, 0.717) is 5.15 Å². The molecule has 2 aromatic rings. The molecule has 5 heteroatoms. The number of nitrogens with one attached hydrogen (secondary N) is 1. The molecule has 2 aromatic heterocycles. The van der Waals surface area contributed by atoms with Gasteiger partial charge >= 0.3 is 0 Å². The van der Waals surface area contributed by atoms with Crippen molar-refractivity contribution in [1.29, 1.82) is 0 Å². The Balaban J connectivity index is 1.81. The highest BCUT2D eigenvalue weighted by Crippen LogP contribution is 2.05. The summed E-state index contributed by atoms with van der Waals surface area (Å²) in [5, 5.41) is 5.85. The molecule has 1 N–H and O–H groups in total. The molecule has 0 aliphatic carbocycles. The van der Waals surface area contributed by atoms with E-state index in [1.807, 2.05) is 17.0 Å². The van der Waals surface area contributed by atoms with Crippen LogP contribution in [0.3, 0.4) is 0 Å². The molecule has 0 unspecified atom stereocenters. The van der Waals surface area contributed by atoms with Crippen molar-refractivity contribution < 1.29 is 0 Å². The Morgan fingerprint density at radius 1 is 1.27 bits per heavy atom. The van der Waals surface area contributed by atoms with E-state index >= 15 is 0 Å². The maximum atomic E-state index is 5.69. The first-order chi connectivity index (χ1) is 7.34. The average molecular weight is 240 g/mol. The van der Waals surface area contributed by atoms with Gasteiger partial charge in [0.2, 0.25) is 0 Å². The highest BCUT2D eigenvalue weighted by molar-refractivity contribution is 7.07. The molecule has 0 aliphatic rings. The first kappa shape index (κ1) is 10.5. The molecule has 3 nitrogen and oxygen atoms in total. The molecule has 0 aliphatic heterocycles. The minimum Gasteiger partial charge on any atom is -0.307 e. The molecule has 78 valence electrons. The monoisotopic (exact) mass is 239 g/mol. The summed E-state index contributed by atoms with van der Waals surface area (Å²) in [7, 11) is 0. The Hall–Kier alpha value is -0.970. The fraction of sp³-hybridized carbons (Fsp3) is 0.200. The second kappa shape index (κ2) is 5.21. The first-order valence-corrected chi connectivity index (χ1v) is 5.85. The van der Waals surface area contributed by atoms with E-state index < -0.39 is 0 Å². The lowest BCUT2D eigenvalue weighted by atomic mass is 10.3. The van der Waals surface area contributed by atoms with Gasteiger partial charge in [-0.05, 0) is 11.6 Å². The smallest absolute Gasteiger partial charge is 0.129 e. The van der Waals surface area contributed by atoms with Gasteiger partial charge in [0.25, 0.3) is 0 Å². The molecular weight excluding hydrogens is 230 g/mol. The fourth-order valence-corrected chi connectivity index (χ4v) is 1.84. The summed E-state index contributed by atoms with van der Waals surface area (Å²) >= 11 is 7.29. The Morgan fingerprint density at radius 3 is 2.87 bits per heavy atom. The van der Waals surface area contributed by atoms with Crippen molar-refractivity contribution in [1.82, 2.24) is 15.3 Å². The molecule has 0 spiro atoms. The van der Waals surface area contributed by atoms with Crippen LogP contribution in [0.5, 0.6) is 0 Å². The third-order valence-corrected chi connectivity index (χ3v) is 2.77. The second-order valence-electron chi connectivity index (χ2n) is 3.07. The van der Waals surface area contributed by atoms with Gasteiger partial charge in [-0.3, -0.25) is 0 Å². The van der Waals surface area contributed by atoms with Gasteiger partial charge in [0.1, 0.15) is 5.15 Å². The summed E-state index contributed by atoms with van der Waals surface area (Å²) in [5.74, 6) is 0.